The number of pyridine rings is 1. The third-order valence-electron chi connectivity index (χ3n) is 6.04. The van der Waals surface area contributed by atoms with Crippen molar-refractivity contribution in [3.8, 4) is 0 Å². The average Bonchev–Trinajstić information content (AvgIpc) is 2.72. The van der Waals surface area contributed by atoms with Gasteiger partial charge in [0.1, 0.15) is 11.2 Å². The molecule has 0 radical (unpaired) electrons. The van der Waals surface area contributed by atoms with Crippen molar-refractivity contribution in [1.82, 2.24) is 14.5 Å². The first kappa shape index (κ1) is 11.8. The van der Waals surface area contributed by atoms with E-state index in [1.165, 1.54) is 44.6 Å². The molecule has 0 amide bonds. The van der Waals surface area contributed by atoms with E-state index in [0.717, 1.165) is 28.9 Å². The second-order valence-electron chi connectivity index (χ2n) is 7.50. The van der Waals surface area contributed by atoms with Crippen LogP contribution < -0.4 is 11.3 Å². The van der Waals surface area contributed by atoms with Gasteiger partial charge in [0.05, 0.1) is 5.54 Å². The summed E-state index contributed by atoms with van der Waals surface area (Å²) in [6.07, 6.45) is 7.77. The smallest absolute Gasteiger partial charge is 0.249 e. The Bertz CT molecular complexity index is 752. The Morgan fingerprint density at radius 3 is 2.38 bits per heavy atom. The van der Waals surface area contributed by atoms with E-state index in [1.54, 1.807) is 6.07 Å². The summed E-state index contributed by atoms with van der Waals surface area (Å²) < 4.78 is 2.17. The largest absolute Gasteiger partial charge is 0.369 e. The van der Waals surface area contributed by atoms with Gasteiger partial charge >= 0.3 is 0 Å². The Balaban J connectivity index is 1.75. The maximum absolute atomic E-state index is 11.7. The van der Waals surface area contributed by atoms with Crippen LogP contribution >= 0.6 is 0 Å². The third-order valence-corrected chi connectivity index (χ3v) is 6.04. The van der Waals surface area contributed by atoms with E-state index in [0.29, 0.717) is 5.95 Å². The summed E-state index contributed by atoms with van der Waals surface area (Å²) in [7, 11) is 0. The summed E-state index contributed by atoms with van der Waals surface area (Å²) in [6.45, 7) is 0. The van der Waals surface area contributed by atoms with E-state index >= 15 is 0 Å². The molecule has 4 aliphatic carbocycles. The molecule has 2 aromatic rings. The van der Waals surface area contributed by atoms with Gasteiger partial charge in [-0.3, -0.25) is 9.36 Å². The number of nitrogens with zero attached hydrogens (tertiary/aromatic N) is 2. The molecule has 21 heavy (non-hydrogen) atoms. The normalized spacial score (nSPS) is 37.4. The quantitative estimate of drug-likeness (QED) is 0.843. The fraction of sp³-hybridized carbons (Fsp3) is 0.625. The lowest BCUT2D eigenvalue weighted by molar-refractivity contribution is -0.0401. The molecule has 0 atom stereocenters. The predicted molar refractivity (Wildman–Crippen MR) is 80.9 cm³/mol. The van der Waals surface area contributed by atoms with E-state index in [4.69, 9.17) is 5.73 Å². The summed E-state index contributed by atoms with van der Waals surface area (Å²) in [6, 6.07) is 3.31. The number of imidazole rings is 1. The molecule has 0 saturated heterocycles. The average molecular weight is 284 g/mol. The molecule has 4 bridgehead atoms. The number of nitrogen functional groups attached to an aromatic ring is 1. The van der Waals surface area contributed by atoms with Crippen LogP contribution in [0.3, 0.4) is 0 Å². The maximum Gasteiger partial charge on any atom is 0.249 e. The number of aromatic amines is 1. The van der Waals surface area contributed by atoms with Gasteiger partial charge < -0.3 is 10.7 Å². The summed E-state index contributed by atoms with van der Waals surface area (Å²) in [5.74, 6) is 3.07. The zero-order valence-corrected chi connectivity index (χ0v) is 12.0. The van der Waals surface area contributed by atoms with Gasteiger partial charge in [0.25, 0.3) is 0 Å². The van der Waals surface area contributed by atoms with Gasteiger partial charge in [0.15, 0.2) is 0 Å². The van der Waals surface area contributed by atoms with Crippen LogP contribution in [-0.4, -0.2) is 14.5 Å². The van der Waals surface area contributed by atoms with Crippen LogP contribution in [0.2, 0.25) is 0 Å². The van der Waals surface area contributed by atoms with Crippen molar-refractivity contribution in [3.63, 3.8) is 0 Å². The van der Waals surface area contributed by atoms with E-state index in [2.05, 4.69) is 14.5 Å². The van der Waals surface area contributed by atoms with Gasteiger partial charge in [-0.1, -0.05) is 0 Å². The molecule has 4 saturated carbocycles. The highest BCUT2D eigenvalue weighted by Gasteiger charge is 2.52. The fourth-order valence-electron chi connectivity index (χ4n) is 5.82. The van der Waals surface area contributed by atoms with E-state index in [-0.39, 0.29) is 11.1 Å². The Labute approximate surface area is 122 Å². The SMILES string of the molecule is Nc1nc2ccc(=O)[nH]c2n1C12CC3CC(CC(C3)C1)C2. The van der Waals surface area contributed by atoms with Crippen LogP contribution in [0.5, 0.6) is 0 Å². The molecule has 3 N–H and O–H groups in total. The summed E-state index contributed by atoms with van der Waals surface area (Å²) >= 11 is 0. The molecular formula is C16H20N4O. The molecule has 0 unspecified atom stereocenters. The Hall–Kier alpha value is -1.78. The van der Waals surface area contributed by atoms with Crippen LogP contribution in [0.4, 0.5) is 5.95 Å². The van der Waals surface area contributed by atoms with E-state index in [9.17, 15) is 4.79 Å². The number of hydrogen-bond donors (Lipinski definition) is 2. The van der Waals surface area contributed by atoms with Gasteiger partial charge in [0, 0.05) is 6.07 Å². The Morgan fingerprint density at radius 1 is 1.14 bits per heavy atom. The van der Waals surface area contributed by atoms with Crippen LogP contribution in [0, 0.1) is 17.8 Å². The van der Waals surface area contributed by atoms with Crippen LogP contribution in [-0.2, 0) is 5.54 Å². The monoisotopic (exact) mass is 284 g/mol. The second kappa shape index (κ2) is 3.70. The number of anilines is 1. The minimum absolute atomic E-state index is 0.0756. The number of fused-ring (bicyclic) bond motifs is 1. The Morgan fingerprint density at radius 2 is 1.76 bits per heavy atom. The van der Waals surface area contributed by atoms with E-state index < -0.39 is 0 Å². The lowest BCUT2D eigenvalue weighted by Gasteiger charge is -2.57. The topological polar surface area (TPSA) is 76.7 Å². The van der Waals surface area contributed by atoms with Gasteiger partial charge in [-0.15, -0.1) is 0 Å². The molecule has 0 spiro atoms. The Kier molecular flexibility index (Phi) is 2.08. The lowest BCUT2D eigenvalue weighted by atomic mass is 9.53. The highest BCUT2D eigenvalue weighted by atomic mass is 16.1. The van der Waals surface area contributed by atoms with Gasteiger partial charge in [-0.25, -0.2) is 4.98 Å². The number of nitrogens with one attached hydrogen (secondary N) is 1. The summed E-state index contributed by atoms with van der Waals surface area (Å²) in [5.41, 5.74) is 7.90. The van der Waals surface area contributed by atoms with Gasteiger partial charge in [-0.2, -0.15) is 0 Å². The number of hydrogen-bond acceptors (Lipinski definition) is 3. The first-order valence-corrected chi connectivity index (χ1v) is 8.01. The zero-order valence-electron chi connectivity index (χ0n) is 12.0. The molecular weight excluding hydrogens is 264 g/mol. The van der Waals surface area contributed by atoms with Crippen molar-refractivity contribution in [2.75, 3.05) is 5.73 Å². The lowest BCUT2D eigenvalue weighted by Crippen LogP contribution is -2.52. The first-order valence-electron chi connectivity index (χ1n) is 8.01. The molecule has 6 rings (SSSR count). The summed E-state index contributed by atoms with van der Waals surface area (Å²) in [5, 5.41) is 0. The van der Waals surface area contributed by atoms with Gasteiger partial charge in [0.2, 0.25) is 11.5 Å². The molecule has 5 nitrogen and oxygen atoms in total. The molecule has 110 valence electrons. The number of aromatic nitrogens is 3. The fourth-order valence-corrected chi connectivity index (χ4v) is 5.82. The maximum atomic E-state index is 11.7. The van der Waals surface area contributed by atoms with Crippen molar-refractivity contribution < 1.29 is 0 Å². The minimum Gasteiger partial charge on any atom is -0.369 e. The van der Waals surface area contributed by atoms with Crippen molar-refractivity contribution in [3.05, 3.63) is 22.5 Å². The van der Waals surface area contributed by atoms with Crippen molar-refractivity contribution >= 4 is 17.1 Å². The molecule has 0 aromatic carbocycles. The summed E-state index contributed by atoms with van der Waals surface area (Å²) in [4.78, 5) is 19.2. The number of nitrogens with two attached hydrogens (primary N) is 1. The van der Waals surface area contributed by atoms with Crippen molar-refractivity contribution in [1.29, 1.82) is 0 Å². The zero-order chi connectivity index (χ0) is 14.2. The van der Waals surface area contributed by atoms with Crippen molar-refractivity contribution in [2.45, 2.75) is 44.1 Å². The van der Waals surface area contributed by atoms with Gasteiger partial charge in [-0.05, 0) is 62.3 Å². The molecule has 5 heteroatoms. The highest BCUT2D eigenvalue weighted by Crippen LogP contribution is 2.59. The molecule has 4 aliphatic rings. The molecule has 2 heterocycles. The highest BCUT2D eigenvalue weighted by molar-refractivity contribution is 5.74. The van der Waals surface area contributed by atoms with E-state index in [1.807, 2.05) is 0 Å². The minimum atomic E-state index is -0.0756. The van der Waals surface area contributed by atoms with Crippen molar-refractivity contribution in [2.24, 2.45) is 17.8 Å². The van der Waals surface area contributed by atoms with Crippen LogP contribution in [0.1, 0.15) is 38.5 Å². The first-order chi connectivity index (χ1) is 10.1. The molecule has 2 aromatic heterocycles. The van der Waals surface area contributed by atoms with Crippen LogP contribution in [0.15, 0.2) is 16.9 Å². The molecule has 4 fully saturated rings. The number of H-pyrrole nitrogens is 1. The second-order valence-corrected chi connectivity index (χ2v) is 7.50. The molecule has 0 aliphatic heterocycles. The third kappa shape index (κ3) is 1.52. The predicted octanol–water partition coefficient (Wildman–Crippen LogP) is 2.23. The standard InChI is InChI=1S/C16H20N4O/c17-15-18-12-1-2-13(21)19-14(12)20(15)16-6-9-3-10(7-16)5-11(4-9)8-16/h1-2,9-11H,3-8H2,(H2,17,18)(H,19,21). The van der Waals surface area contributed by atoms with Crippen LogP contribution in [0.25, 0.3) is 11.2 Å². The number of rotatable bonds is 1.